The van der Waals surface area contributed by atoms with Crippen LogP contribution < -0.4 is 4.90 Å². The van der Waals surface area contributed by atoms with E-state index in [1.165, 1.54) is 11.5 Å². The predicted octanol–water partition coefficient (Wildman–Crippen LogP) is 8.39. The zero-order valence-corrected chi connectivity index (χ0v) is 22.5. The molecular weight excluding hydrogens is 539 g/mol. The van der Waals surface area contributed by atoms with E-state index < -0.39 is 9.84 Å². The number of benzene rings is 5. The monoisotopic (exact) mass is 557 g/mol. The third-order valence-corrected chi connectivity index (χ3v) is 9.84. The van der Waals surface area contributed by atoms with Crippen LogP contribution >= 0.6 is 11.5 Å². The number of hydrogen-bond acceptors (Lipinski definition) is 7. The van der Waals surface area contributed by atoms with Gasteiger partial charge in [-0.15, -0.1) is 0 Å². The molecule has 5 aromatic carbocycles. The van der Waals surface area contributed by atoms with Crippen LogP contribution in [0.1, 0.15) is 0 Å². The van der Waals surface area contributed by atoms with Crippen LogP contribution in [-0.2, 0) is 9.84 Å². The number of sulfone groups is 1. The molecular formula is C32H19N3O3S2. The van der Waals surface area contributed by atoms with Gasteiger partial charge in [-0.3, -0.25) is 0 Å². The van der Waals surface area contributed by atoms with Crippen LogP contribution in [0.25, 0.3) is 43.9 Å². The van der Waals surface area contributed by atoms with Crippen molar-refractivity contribution in [2.24, 2.45) is 0 Å². The van der Waals surface area contributed by atoms with Crippen molar-refractivity contribution in [2.45, 2.75) is 9.79 Å². The highest BCUT2D eigenvalue weighted by molar-refractivity contribution is 7.92. The summed E-state index contributed by atoms with van der Waals surface area (Å²) in [7, 11) is -3.61. The Kier molecular flexibility index (Phi) is 4.98. The quantitative estimate of drug-likeness (QED) is 0.217. The number of hydrogen-bond donors (Lipinski definition) is 0. The summed E-state index contributed by atoms with van der Waals surface area (Å²) in [5.74, 6) is 0.637. The summed E-state index contributed by atoms with van der Waals surface area (Å²) in [5, 5.41) is 2.98. The summed E-state index contributed by atoms with van der Waals surface area (Å²) in [4.78, 5) is 7.39. The second-order valence-corrected chi connectivity index (χ2v) is 12.2. The Morgan fingerprint density at radius 2 is 1.27 bits per heavy atom. The van der Waals surface area contributed by atoms with E-state index in [1.54, 1.807) is 24.3 Å². The summed E-state index contributed by atoms with van der Waals surface area (Å²) in [5.41, 5.74) is 5.63. The Morgan fingerprint density at radius 1 is 0.650 bits per heavy atom. The first-order valence-corrected chi connectivity index (χ1v) is 14.9. The molecule has 6 nitrogen and oxygen atoms in total. The smallest absolute Gasteiger partial charge is 0.210 e. The Labute approximate surface area is 233 Å². The molecule has 1 aliphatic heterocycles. The summed E-state index contributed by atoms with van der Waals surface area (Å²) in [6.07, 6.45) is 0. The lowest BCUT2D eigenvalue weighted by molar-refractivity contribution is 0.595. The molecule has 7 aromatic rings. The molecule has 0 saturated carbocycles. The van der Waals surface area contributed by atoms with Crippen LogP contribution in [0.4, 0.5) is 17.1 Å². The number of rotatable bonds is 3. The van der Waals surface area contributed by atoms with Crippen LogP contribution in [0.15, 0.2) is 129 Å². The van der Waals surface area contributed by atoms with E-state index >= 15 is 0 Å². The molecule has 0 saturated heterocycles. The highest BCUT2D eigenvalue weighted by atomic mass is 32.2. The van der Waals surface area contributed by atoms with Gasteiger partial charge in [-0.05, 0) is 78.3 Å². The second kappa shape index (κ2) is 8.61. The molecule has 1 aliphatic rings. The summed E-state index contributed by atoms with van der Waals surface area (Å²) >= 11 is 1.35. The zero-order valence-electron chi connectivity index (χ0n) is 20.9. The minimum atomic E-state index is -3.61. The molecule has 0 bridgehead atoms. The maximum absolute atomic E-state index is 13.3. The van der Waals surface area contributed by atoms with Gasteiger partial charge >= 0.3 is 0 Å². The first kappa shape index (κ1) is 23.1. The van der Waals surface area contributed by atoms with Crippen LogP contribution in [0, 0.1) is 0 Å². The molecule has 0 amide bonds. The van der Waals surface area contributed by atoms with E-state index in [4.69, 9.17) is 9.40 Å². The Hall–Kier alpha value is -4.79. The maximum Gasteiger partial charge on any atom is 0.210 e. The van der Waals surface area contributed by atoms with Crippen molar-refractivity contribution in [3.63, 3.8) is 0 Å². The molecule has 2 aromatic heterocycles. The first-order valence-electron chi connectivity index (χ1n) is 12.7. The van der Waals surface area contributed by atoms with Gasteiger partial charge in [0.05, 0.1) is 21.2 Å². The largest absolute Gasteiger partial charge is 0.456 e. The van der Waals surface area contributed by atoms with Crippen molar-refractivity contribution in [3.05, 3.63) is 115 Å². The fourth-order valence-corrected chi connectivity index (χ4v) is 7.64. The van der Waals surface area contributed by atoms with E-state index in [2.05, 4.69) is 22.6 Å². The molecule has 192 valence electrons. The molecule has 0 N–H and O–H groups in total. The lowest BCUT2D eigenvalue weighted by Gasteiger charge is -2.32. The molecule has 0 atom stereocenters. The number of aromatic nitrogens is 2. The average molecular weight is 558 g/mol. The molecule has 0 spiro atoms. The number of nitrogens with zero attached hydrogens (tertiary/aromatic N) is 3. The van der Waals surface area contributed by atoms with Crippen molar-refractivity contribution in [3.8, 4) is 22.0 Å². The van der Waals surface area contributed by atoms with Gasteiger partial charge in [0.2, 0.25) is 9.84 Å². The first-order chi connectivity index (χ1) is 19.6. The van der Waals surface area contributed by atoms with Crippen LogP contribution in [0.5, 0.6) is 0 Å². The molecule has 3 heterocycles. The molecule has 40 heavy (non-hydrogen) atoms. The van der Waals surface area contributed by atoms with E-state index in [9.17, 15) is 8.42 Å². The van der Waals surface area contributed by atoms with Crippen molar-refractivity contribution in [1.82, 2.24) is 9.36 Å². The molecule has 8 rings (SSSR count). The maximum atomic E-state index is 13.3. The van der Waals surface area contributed by atoms with Gasteiger partial charge in [0, 0.05) is 27.6 Å². The molecule has 0 radical (unpaired) electrons. The highest BCUT2D eigenvalue weighted by Crippen LogP contribution is 2.48. The molecule has 0 unspecified atom stereocenters. The van der Waals surface area contributed by atoms with Crippen molar-refractivity contribution in [2.75, 3.05) is 4.90 Å². The normalized spacial score (nSPS) is 13.8. The Morgan fingerprint density at radius 3 is 2.02 bits per heavy atom. The molecule has 0 aliphatic carbocycles. The fraction of sp³-hybridized carbons (Fsp3) is 0. The zero-order chi connectivity index (χ0) is 26.8. The second-order valence-electron chi connectivity index (χ2n) is 9.55. The van der Waals surface area contributed by atoms with Crippen LogP contribution in [-0.4, -0.2) is 17.8 Å². The standard InChI is InChI=1S/C32H19N3O3S2/c36-40(37)29-11-5-2-8-25(29)35(26-9-3-6-12-30(26)40)22-16-13-20(14-17-22)31-33-32(39-34-31)21-15-18-24-23-7-1-4-10-27(23)38-28(24)19-21/h1-19H. The number of para-hydroxylation sites is 3. The summed E-state index contributed by atoms with van der Waals surface area (Å²) < 4.78 is 37.3. The topological polar surface area (TPSA) is 76.3 Å². The Bertz CT molecular complexity index is 2150. The molecule has 0 fully saturated rings. The number of fused-ring (bicyclic) bond motifs is 5. The van der Waals surface area contributed by atoms with Crippen LogP contribution in [0.3, 0.4) is 0 Å². The third-order valence-electron chi connectivity index (χ3n) is 7.23. The van der Waals surface area contributed by atoms with E-state index in [-0.39, 0.29) is 0 Å². The van der Waals surface area contributed by atoms with Gasteiger partial charge in [-0.2, -0.15) is 4.37 Å². The van der Waals surface area contributed by atoms with E-state index in [1.807, 2.05) is 77.7 Å². The summed E-state index contributed by atoms with van der Waals surface area (Å²) in [6, 6.07) is 36.3. The average Bonchev–Trinajstić information content (AvgIpc) is 3.63. The Balaban J connectivity index is 1.15. The van der Waals surface area contributed by atoms with Gasteiger partial charge in [0.15, 0.2) is 5.82 Å². The van der Waals surface area contributed by atoms with Gasteiger partial charge in [0.25, 0.3) is 0 Å². The van der Waals surface area contributed by atoms with E-state index in [0.29, 0.717) is 27.0 Å². The lowest BCUT2D eigenvalue weighted by atomic mass is 10.1. The van der Waals surface area contributed by atoms with Gasteiger partial charge in [-0.25, -0.2) is 13.4 Å². The third kappa shape index (κ3) is 3.43. The van der Waals surface area contributed by atoms with Gasteiger partial charge in [-0.1, -0.05) is 48.5 Å². The predicted molar refractivity (Wildman–Crippen MR) is 158 cm³/mol. The van der Waals surface area contributed by atoms with Crippen molar-refractivity contribution in [1.29, 1.82) is 0 Å². The van der Waals surface area contributed by atoms with E-state index in [0.717, 1.165) is 43.8 Å². The SMILES string of the molecule is O=S1(=O)c2ccccc2N(c2ccc(-c3nsc(-c4ccc5c(c4)oc4ccccc45)n3)cc2)c2ccccc21. The lowest BCUT2D eigenvalue weighted by Crippen LogP contribution is -2.21. The van der Waals surface area contributed by atoms with Crippen LogP contribution in [0.2, 0.25) is 0 Å². The summed E-state index contributed by atoms with van der Waals surface area (Å²) in [6.45, 7) is 0. The fourth-order valence-electron chi connectivity index (χ4n) is 5.34. The highest BCUT2D eigenvalue weighted by Gasteiger charge is 2.34. The minimum absolute atomic E-state index is 0.296. The van der Waals surface area contributed by atoms with Gasteiger partial charge in [0.1, 0.15) is 16.2 Å². The number of anilines is 3. The van der Waals surface area contributed by atoms with Gasteiger partial charge < -0.3 is 9.32 Å². The van der Waals surface area contributed by atoms with Crippen molar-refractivity contribution < 1.29 is 12.8 Å². The van der Waals surface area contributed by atoms with Crippen molar-refractivity contribution >= 4 is 60.4 Å². The molecule has 8 heteroatoms. The number of furan rings is 1. The minimum Gasteiger partial charge on any atom is -0.456 e.